The van der Waals surface area contributed by atoms with Crippen molar-refractivity contribution in [3.8, 4) is 0 Å². The number of rotatable bonds is 3. The van der Waals surface area contributed by atoms with Gasteiger partial charge < -0.3 is 5.32 Å². The average Bonchev–Trinajstić information content (AvgIpc) is 2.34. The smallest absolute Gasteiger partial charge is 0.00200 e. The van der Waals surface area contributed by atoms with Crippen molar-refractivity contribution in [2.75, 3.05) is 13.1 Å². The molecule has 1 N–H and O–H groups in total. The largest absolute Gasteiger partial charge is 0.316 e. The Morgan fingerprint density at radius 1 is 1.50 bits per heavy atom. The highest BCUT2D eigenvalue weighted by atomic mass is 14.9. The van der Waals surface area contributed by atoms with Gasteiger partial charge in [0.05, 0.1) is 0 Å². The molecule has 1 fully saturated rings. The molecule has 1 saturated heterocycles. The second kappa shape index (κ2) is 3.97. The van der Waals surface area contributed by atoms with Gasteiger partial charge in [0.1, 0.15) is 0 Å². The lowest BCUT2D eigenvalue weighted by Gasteiger charge is -2.09. The van der Waals surface area contributed by atoms with E-state index in [9.17, 15) is 0 Å². The first-order chi connectivity index (χ1) is 4.79. The second-order valence-corrected chi connectivity index (χ2v) is 3.83. The standard InChI is InChI=1S/C9H19N/c1-8(2)3-4-9-5-6-10-7-9/h8-10H,3-7H2,1-2H3. The van der Waals surface area contributed by atoms with Gasteiger partial charge >= 0.3 is 0 Å². The molecule has 0 amide bonds. The van der Waals surface area contributed by atoms with Gasteiger partial charge in [-0.2, -0.15) is 0 Å². The van der Waals surface area contributed by atoms with Crippen LogP contribution in [0.4, 0.5) is 0 Å². The highest BCUT2D eigenvalue weighted by Crippen LogP contribution is 2.17. The van der Waals surface area contributed by atoms with Crippen LogP contribution in [0.3, 0.4) is 0 Å². The van der Waals surface area contributed by atoms with Crippen LogP contribution >= 0.6 is 0 Å². The fraction of sp³-hybridized carbons (Fsp3) is 1.00. The SMILES string of the molecule is CC(C)CCC1CCNC1. The van der Waals surface area contributed by atoms with E-state index in [1.165, 1.54) is 32.4 Å². The summed E-state index contributed by atoms with van der Waals surface area (Å²) in [4.78, 5) is 0. The molecule has 1 aliphatic rings. The molecule has 0 aromatic rings. The first-order valence-electron chi connectivity index (χ1n) is 4.49. The Bertz CT molecular complexity index is 82.7. The van der Waals surface area contributed by atoms with E-state index in [2.05, 4.69) is 19.2 Å². The maximum absolute atomic E-state index is 3.40. The summed E-state index contributed by atoms with van der Waals surface area (Å²) in [6.07, 6.45) is 4.25. The van der Waals surface area contributed by atoms with Crippen molar-refractivity contribution >= 4 is 0 Å². The maximum atomic E-state index is 3.40. The van der Waals surface area contributed by atoms with E-state index in [1.54, 1.807) is 0 Å². The quantitative estimate of drug-likeness (QED) is 0.634. The molecule has 1 aliphatic heterocycles. The molecule has 1 heterocycles. The van der Waals surface area contributed by atoms with Gasteiger partial charge in [-0.05, 0) is 37.8 Å². The molecule has 1 heteroatoms. The van der Waals surface area contributed by atoms with Crippen LogP contribution in [0, 0.1) is 11.8 Å². The molecule has 0 aromatic heterocycles. The van der Waals surface area contributed by atoms with Gasteiger partial charge in [-0.3, -0.25) is 0 Å². The van der Waals surface area contributed by atoms with Crippen LogP contribution in [-0.4, -0.2) is 13.1 Å². The summed E-state index contributed by atoms with van der Waals surface area (Å²) in [5.41, 5.74) is 0. The van der Waals surface area contributed by atoms with Gasteiger partial charge in [0.2, 0.25) is 0 Å². The van der Waals surface area contributed by atoms with Gasteiger partial charge in [-0.25, -0.2) is 0 Å². The highest BCUT2D eigenvalue weighted by molar-refractivity contribution is 4.71. The Morgan fingerprint density at radius 2 is 2.30 bits per heavy atom. The molecule has 0 aliphatic carbocycles. The van der Waals surface area contributed by atoms with Gasteiger partial charge in [-0.1, -0.05) is 20.3 Å². The van der Waals surface area contributed by atoms with E-state index in [-0.39, 0.29) is 0 Å². The summed E-state index contributed by atoms with van der Waals surface area (Å²) in [6.45, 7) is 7.14. The van der Waals surface area contributed by atoms with Crippen LogP contribution in [0.1, 0.15) is 33.1 Å². The first-order valence-corrected chi connectivity index (χ1v) is 4.49. The second-order valence-electron chi connectivity index (χ2n) is 3.83. The molecule has 1 unspecified atom stereocenters. The fourth-order valence-electron chi connectivity index (χ4n) is 1.53. The molecule has 0 aromatic carbocycles. The molecule has 60 valence electrons. The minimum Gasteiger partial charge on any atom is -0.316 e. The normalized spacial score (nSPS) is 26.1. The molecule has 10 heavy (non-hydrogen) atoms. The predicted molar refractivity (Wildman–Crippen MR) is 45.0 cm³/mol. The zero-order chi connectivity index (χ0) is 7.40. The fourth-order valence-corrected chi connectivity index (χ4v) is 1.53. The van der Waals surface area contributed by atoms with Crippen molar-refractivity contribution in [2.24, 2.45) is 11.8 Å². The third-order valence-electron chi connectivity index (χ3n) is 2.31. The van der Waals surface area contributed by atoms with Crippen LogP contribution in [0.2, 0.25) is 0 Å². The Hall–Kier alpha value is -0.0400. The van der Waals surface area contributed by atoms with Crippen LogP contribution in [-0.2, 0) is 0 Å². The van der Waals surface area contributed by atoms with Gasteiger partial charge in [-0.15, -0.1) is 0 Å². The van der Waals surface area contributed by atoms with Crippen molar-refractivity contribution < 1.29 is 0 Å². The highest BCUT2D eigenvalue weighted by Gasteiger charge is 2.13. The number of hydrogen-bond donors (Lipinski definition) is 1. The lowest BCUT2D eigenvalue weighted by Crippen LogP contribution is -2.09. The minimum atomic E-state index is 0.889. The van der Waals surface area contributed by atoms with Crippen molar-refractivity contribution in [3.63, 3.8) is 0 Å². The van der Waals surface area contributed by atoms with Gasteiger partial charge in [0.15, 0.2) is 0 Å². The maximum Gasteiger partial charge on any atom is -0.00200 e. The monoisotopic (exact) mass is 141 g/mol. The lowest BCUT2D eigenvalue weighted by molar-refractivity contribution is 0.450. The average molecular weight is 141 g/mol. The summed E-state index contributed by atoms with van der Waals surface area (Å²) in [5, 5.41) is 3.40. The van der Waals surface area contributed by atoms with E-state index >= 15 is 0 Å². The molecule has 1 atom stereocenters. The van der Waals surface area contributed by atoms with Crippen LogP contribution in [0.25, 0.3) is 0 Å². The van der Waals surface area contributed by atoms with Crippen molar-refractivity contribution in [1.29, 1.82) is 0 Å². The zero-order valence-electron chi connectivity index (χ0n) is 7.19. The molecule has 1 nitrogen and oxygen atoms in total. The van der Waals surface area contributed by atoms with E-state index in [0.717, 1.165) is 11.8 Å². The number of hydrogen-bond acceptors (Lipinski definition) is 1. The topological polar surface area (TPSA) is 12.0 Å². The summed E-state index contributed by atoms with van der Waals surface area (Å²) < 4.78 is 0. The Labute approximate surface area is 64.2 Å². The minimum absolute atomic E-state index is 0.889. The van der Waals surface area contributed by atoms with Gasteiger partial charge in [0.25, 0.3) is 0 Å². The summed E-state index contributed by atoms with van der Waals surface area (Å²) >= 11 is 0. The van der Waals surface area contributed by atoms with E-state index in [4.69, 9.17) is 0 Å². The molecular formula is C9H19N. The van der Waals surface area contributed by atoms with E-state index in [1.807, 2.05) is 0 Å². The molecule has 0 radical (unpaired) electrons. The Balaban J connectivity index is 2.01. The van der Waals surface area contributed by atoms with Gasteiger partial charge in [0, 0.05) is 0 Å². The molecule has 0 bridgehead atoms. The Morgan fingerprint density at radius 3 is 2.80 bits per heavy atom. The van der Waals surface area contributed by atoms with Crippen molar-refractivity contribution in [3.05, 3.63) is 0 Å². The predicted octanol–water partition coefficient (Wildman–Crippen LogP) is 2.03. The van der Waals surface area contributed by atoms with Crippen LogP contribution in [0.15, 0.2) is 0 Å². The van der Waals surface area contributed by atoms with Crippen molar-refractivity contribution in [1.82, 2.24) is 5.32 Å². The molecule has 1 rings (SSSR count). The lowest BCUT2D eigenvalue weighted by atomic mass is 9.97. The summed E-state index contributed by atoms with van der Waals surface area (Å²) in [7, 11) is 0. The molecular weight excluding hydrogens is 122 g/mol. The van der Waals surface area contributed by atoms with E-state index < -0.39 is 0 Å². The van der Waals surface area contributed by atoms with Crippen LogP contribution < -0.4 is 5.32 Å². The first kappa shape index (κ1) is 8.06. The molecule has 0 spiro atoms. The van der Waals surface area contributed by atoms with Crippen molar-refractivity contribution in [2.45, 2.75) is 33.1 Å². The zero-order valence-corrected chi connectivity index (χ0v) is 7.19. The number of nitrogens with one attached hydrogen (secondary N) is 1. The molecule has 0 saturated carbocycles. The summed E-state index contributed by atoms with van der Waals surface area (Å²) in [5.74, 6) is 1.88. The summed E-state index contributed by atoms with van der Waals surface area (Å²) in [6, 6.07) is 0. The third-order valence-corrected chi connectivity index (χ3v) is 2.31. The van der Waals surface area contributed by atoms with Crippen LogP contribution in [0.5, 0.6) is 0 Å². The Kier molecular flexibility index (Phi) is 3.20. The van der Waals surface area contributed by atoms with E-state index in [0.29, 0.717) is 0 Å². The third kappa shape index (κ3) is 2.70.